The quantitative estimate of drug-likeness (QED) is 0.0261. The van der Waals surface area contributed by atoms with Gasteiger partial charge >= 0.3 is 17.9 Å². The lowest BCUT2D eigenvalue weighted by molar-refractivity contribution is -0.167. The van der Waals surface area contributed by atoms with E-state index in [2.05, 4.69) is 154 Å². The first-order valence-corrected chi connectivity index (χ1v) is 29.2. The molecule has 0 aromatic rings. The Morgan fingerprint density at radius 2 is 0.542 bits per heavy atom. The van der Waals surface area contributed by atoms with Crippen LogP contribution in [0, 0.1) is 0 Å². The van der Waals surface area contributed by atoms with Gasteiger partial charge in [-0.25, -0.2) is 0 Å². The molecule has 0 amide bonds. The monoisotopic (exact) mass is 995 g/mol. The van der Waals surface area contributed by atoms with Crippen molar-refractivity contribution in [2.45, 2.75) is 252 Å². The van der Waals surface area contributed by atoms with Gasteiger partial charge in [0.15, 0.2) is 6.10 Å². The van der Waals surface area contributed by atoms with Crippen molar-refractivity contribution in [3.8, 4) is 0 Å². The van der Waals surface area contributed by atoms with Crippen LogP contribution >= 0.6 is 0 Å². The van der Waals surface area contributed by atoms with Crippen LogP contribution in [-0.4, -0.2) is 37.2 Å². The highest BCUT2D eigenvalue weighted by atomic mass is 16.6. The number of carbonyl (C=O) groups excluding carboxylic acids is 3. The SMILES string of the molecule is CC/C=C\C/C=C\C/C=C\C/C=C\C/C=C\C/C=C\C/C=C\C/C=C\C/C=C\C/C=C\CCCCCCC(=O)OCC(COC(=O)CCCCCCC)OC(=O)CCCCCCC/C=C\CCCCCCC. The Hall–Kier alpha value is -4.45. The Balaban J connectivity index is 4.13. The summed E-state index contributed by atoms with van der Waals surface area (Å²) >= 11 is 0. The summed E-state index contributed by atoms with van der Waals surface area (Å²) in [6, 6.07) is 0. The van der Waals surface area contributed by atoms with Gasteiger partial charge in [-0.15, -0.1) is 0 Å². The summed E-state index contributed by atoms with van der Waals surface area (Å²) in [6.45, 7) is 6.39. The third-order valence-corrected chi connectivity index (χ3v) is 11.9. The van der Waals surface area contributed by atoms with E-state index < -0.39 is 6.10 Å². The molecule has 0 N–H and O–H groups in total. The molecule has 0 aliphatic heterocycles. The first kappa shape index (κ1) is 67.5. The zero-order valence-corrected chi connectivity index (χ0v) is 46.4. The number of hydrogen-bond acceptors (Lipinski definition) is 6. The molecule has 0 saturated heterocycles. The molecule has 0 rings (SSSR count). The molecule has 0 spiro atoms. The van der Waals surface area contributed by atoms with Gasteiger partial charge < -0.3 is 14.2 Å². The summed E-state index contributed by atoms with van der Waals surface area (Å²) in [4.78, 5) is 37.7. The van der Waals surface area contributed by atoms with Gasteiger partial charge in [0.25, 0.3) is 0 Å². The first-order chi connectivity index (χ1) is 35.5. The van der Waals surface area contributed by atoms with Gasteiger partial charge in [0, 0.05) is 19.3 Å². The zero-order valence-electron chi connectivity index (χ0n) is 46.4. The molecule has 0 aromatic carbocycles. The molecule has 406 valence electrons. The molecular weight excluding hydrogens is 889 g/mol. The number of carbonyl (C=O) groups is 3. The first-order valence-electron chi connectivity index (χ1n) is 29.2. The van der Waals surface area contributed by atoms with E-state index in [4.69, 9.17) is 14.2 Å². The van der Waals surface area contributed by atoms with Crippen LogP contribution in [0.5, 0.6) is 0 Å². The summed E-state index contributed by atoms with van der Waals surface area (Å²) in [5, 5.41) is 0. The minimum Gasteiger partial charge on any atom is -0.462 e. The van der Waals surface area contributed by atoms with Crippen LogP contribution < -0.4 is 0 Å². The van der Waals surface area contributed by atoms with E-state index in [1.807, 2.05) is 0 Å². The fourth-order valence-electron chi connectivity index (χ4n) is 7.52. The maximum absolute atomic E-state index is 12.7. The maximum atomic E-state index is 12.7. The third kappa shape index (κ3) is 56.5. The second-order valence-electron chi connectivity index (χ2n) is 18.8. The summed E-state index contributed by atoms with van der Waals surface area (Å²) < 4.78 is 16.7. The fraction of sp³-hybridized carbons (Fsp3) is 0.621. The largest absolute Gasteiger partial charge is 0.462 e. The number of rotatable bonds is 51. The fourth-order valence-corrected chi connectivity index (χ4v) is 7.52. The number of hydrogen-bond donors (Lipinski definition) is 0. The van der Waals surface area contributed by atoms with E-state index >= 15 is 0 Å². The molecule has 0 fully saturated rings. The minimum atomic E-state index is -0.792. The van der Waals surface area contributed by atoms with Crippen LogP contribution in [0.4, 0.5) is 0 Å². The number of allylic oxidation sites excluding steroid dienone is 22. The Bertz CT molecular complexity index is 1560. The normalized spacial score (nSPS) is 13.1. The second kappa shape index (κ2) is 59.1. The Labute approximate surface area is 443 Å². The van der Waals surface area contributed by atoms with Crippen molar-refractivity contribution in [1.29, 1.82) is 0 Å². The molecule has 0 radical (unpaired) electrons. The van der Waals surface area contributed by atoms with Crippen LogP contribution in [0.1, 0.15) is 245 Å². The summed E-state index contributed by atoms with van der Waals surface area (Å²) in [5.41, 5.74) is 0. The van der Waals surface area contributed by atoms with E-state index in [0.717, 1.165) is 161 Å². The van der Waals surface area contributed by atoms with Crippen molar-refractivity contribution in [2.24, 2.45) is 0 Å². The van der Waals surface area contributed by atoms with Gasteiger partial charge in [0.2, 0.25) is 0 Å². The van der Waals surface area contributed by atoms with Crippen LogP contribution in [-0.2, 0) is 28.6 Å². The van der Waals surface area contributed by atoms with E-state index in [1.54, 1.807) is 0 Å². The minimum absolute atomic E-state index is 0.0927. The summed E-state index contributed by atoms with van der Waals surface area (Å²) in [7, 11) is 0. The molecule has 6 heteroatoms. The van der Waals surface area contributed by atoms with E-state index in [-0.39, 0.29) is 31.1 Å². The maximum Gasteiger partial charge on any atom is 0.306 e. The molecule has 0 aromatic heterocycles. The lowest BCUT2D eigenvalue weighted by Crippen LogP contribution is -2.30. The molecule has 0 saturated carbocycles. The van der Waals surface area contributed by atoms with Crippen molar-refractivity contribution >= 4 is 17.9 Å². The van der Waals surface area contributed by atoms with Crippen molar-refractivity contribution in [2.75, 3.05) is 13.2 Å². The summed E-state index contributed by atoms with van der Waals surface area (Å²) in [5.74, 6) is -0.947. The van der Waals surface area contributed by atoms with Gasteiger partial charge in [-0.2, -0.15) is 0 Å². The molecule has 1 atom stereocenters. The van der Waals surface area contributed by atoms with E-state index in [9.17, 15) is 14.4 Å². The molecule has 0 aliphatic rings. The Morgan fingerprint density at radius 1 is 0.292 bits per heavy atom. The van der Waals surface area contributed by atoms with Crippen LogP contribution in [0.25, 0.3) is 0 Å². The Kier molecular flexibility index (Phi) is 55.5. The third-order valence-electron chi connectivity index (χ3n) is 11.9. The predicted octanol–water partition coefficient (Wildman–Crippen LogP) is 19.8. The van der Waals surface area contributed by atoms with Gasteiger partial charge in [0.05, 0.1) is 0 Å². The number of unbranched alkanes of at least 4 members (excludes halogenated alkanes) is 18. The smallest absolute Gasteiger partial charge is 0.306 e. The molecule has 0 heterocycles. The van der Waals surface area contributed by atoms with Crippen molar-refractivity contribution in [3.63, 3.8) is 0 Å². The van der Waals surface area contributed by atoms with Gasteiger partial charge in [-0.1, -0.05) is 238 Å². The Morgan fingerprint density at radius 3 is 0.861 bits per heavy atom. The molecule has 72 heavy (non-hydrogen) atoms. The zero-order chi connectivity index (χ0) is 52.2. The van der Waals surface area contributed by atoms with Crippen molar-refractivity contribution in [1.82, 2.24) is 0 Å². The average Bonchev–Trinajstić information content (AvgIpc) is 3.38. The average molecular weight is 996 g/mol. The molecule has 1 unspecified atom stereocenters. The highest BCUT2D eigenvalue weighted by Gasteiger charge is 2.19. The topological polar surface area (TPSA) is 78.9 Å². The standard InChI is InChI=1S/C66H106O6/c1-4-7-10-13-15-17-19-21-23-24-25-26-27-28-29-30-31-32-33-34-35-36-37-38-39-40-41-42-43-45-46-48-50-53-56-59-65(68)71-62-63(61-70-64(67)58-55-52-12-9-6-3)72-66(69)60-57-54-51-49-47-44-22-20-18-16-14-11-8-5-2/h7,10,15,17,20-23,25-26,28-29,31-32,34-35,37-38,40-41,43,45,63H,4-6,8-9,11-14,16,18-19,24,27,30,33,36,39,42,44,46-62H2,1-3H3/b10-7-,17-15-,22-20-,23-21-,26-25-,29-28-,32-31-,35-34-,38-37-,41-40-,45-43-. The van der Waals surface area contributed by atoms with E-state index in [0.29, 0.717) is 19.3 Å². The highest BCUT2D eigenvalue weighted by molar-refractivity contribution is 5.71. The molecule has 0 bridgehead atoms. The molecule has 0 aliphatic carbocycles. The number of ether oxygens (including phenoxy) is 3. The van der Waals surface area contributed by atoms with Crippen LogP contribution in [0.15, 0.2) is 134 Å². The van der Waals surface area contributed by atoms with Crippen molar-refractivity contribution < 1.29 is 28.6 Å². The summed E-state index contributed by atoms with van der Waals surface area (Å²) in [6.07, 6.45) is 83.5. The predicted molar refractivity (Wildman–Crippen MR) is 311 cm³/mol. The van der Waals surface area contributed by atoms with Crippen LogP contribution in [0.3, 0.4) is 0 Å². The van der Waals surface area contributed by atoms with Crippen LogP contribution in [0.2, 0.25) is 0 Å². The second-order valence-corrected chi connectivity index (χ2v) is 18.8. The van der Waals surface area contributed by atoms with Gasteiger partial charge in [-0.05, 0) is 122 Å². The lowest BCUT2D eigenvalue weighted by atomic mass is 10.1. The van der Waals surface area contributed by atoms with Crippen molar-refractivity contribution in [3.05, 3.63) is 134 Å². The van der Waals surface area contributed by atoms with E-state index in [1.165, 1.54) is 44.9 Å². The van der Waals surface area contributed by atoms with Gasteiger partial charge in [-0.3, -0.25) is 14.4 Å². The highest BCUT2D eigenvalue weighted by Crippen LogP contribution is 2.13. The lowest BCUT2D eigenvalue weighted by Gasteiger charge is -2.18. The number of esters is 3. The molecular formula is C66H106O6. The molecule has 6 nitrogen and oxygen atoms in total. The van der Waals surface area contributed by atoms with Gasteiger partial charge in [0.1, 0.15) is 13.2 Å².